The second kappa shape index (κ2) is 8.39. The van der Waals surface area contributed by atoms with Gasteiger partial charge >= 0.3 is 17.8 Å². The summed E-state index contributed by atoms with van der Waals surface area (Å²) in [7, 11) is 1.28. The van der Waals surface area contributed by atoms with Crippen molar-refractivity contribution in [1.29, 1.82) is 0 Å². The third-order valence-corrected chi connectivity index (χ3v) is 3.23. The second-order valence-corrected chi connectivity index (χ2v) is 5.13. The van der Waals surface area contributed by atoms with E-state index in [4.69, 9.17) is 0 Å². The number of nitrogens with one attached hydrogen (secondary N) is 2. The standard InChI is InChI=1S/C18H17N3O4/c1-12-3-5-13(6-4-12)11-19-21-17(23)16(22)20-15-9-7-14(8-10-15)18(24)25-2/h3-11H,1-2H3,(H,20,22)(H,21,23)/b19-11-. The summed E-state index contributed by atoms with van der Waals surface area (Å²) in [6.45, 7) is 1.96. The smallest absolute Gasteiger partial charge is 0.337 e. The van der Waals surface area contributed by atoms with Gasteiger partial charge in [0.15, 0.2) is 0 Å². The van der Waals surface area contributed by atoms with E-state index >= 15 is 0 Å². The highest BCUT2D eigenvalue weighted by Gasteiger charge is 2.13. The molecule has 7 nitrogen and oxygen atoms in total. The highest BCUT2D eigenvalue weighted by molar-refractivity contribution is 6.39. The number of rotatable bonds is 4. The average Bonchev–Trinajstić information content (AvgIpc) is 2.63. The molecule has 2 N–H and O–H groups in total. The summed E-state index contributed by atoms with van der Waals surface area (Å²) in [5, 5.41) is 6.14. The zero-order valence-electron chi connectivity index (χ0n) is 13.8. The number of hydrogen-bond acceptors (Lipinski definition) is 5. The zero-order valence-corrected chi connectivity index (χ0v) is 13.8. The largest absolute Gasteiger partial charge is 0.465 e. The minimum atomic E-state index is -0.902. The lowest BCUT2D eigenvalue weighted by molar-refractivity contribution is -0.136. The van der Waals surface area contributed by atoms with E-state index in [-0.39, 0.29) is 0 Å². The van der Waals surface area contributed by atoms with E-state index in [0.29, 0.717) is 11.3 Å². The van der Waals surface area contributed by atoms with E-state index in [2.05, 4.69) is 20.6 Å². The Morgan fingerprint density at radius 2 is 1.60 bits per heavy atom. The molecule has 0 fully saturated rings. The van der Waals surface area contributed by atoms with Gasteiger partial charge in [0.25, 0.3) is 0 Å². The number of methoxy groups -OCH3 is 1. The number of hydrogen-bond donors (Lipinski definition) is 2. The molecule has 2 aromatic rings. The van der Waals surface area contributed by atoms with Crippen LogP contribution < -0.4 is 10.7 Å². The number of benzene rings is 2. The molecule has 0 bridgehead atoms. The van der Waals surface area contributed by atoms with Crippen molar-refractivity contribution in [2.75, 3.05) is 12.4 Å². The van der Waals surface area contributed by atoms with Crippen LogP contribution in [0.1, 0.15) is 21.5 Å². The fraction of sp³-hybridized carbons (Fsp3) is 0.111. The molecule has 0 aliphatic rings. The highest BCUT2D eigenvalue weighted by atomic mass is 16.5. The van der Waals surface area contributed by atoms with Crippen LogP contribution in [0.3, 0.4) is 0 Å². The van der Waals surface area contributed by atoms with Crippen molar-refractivity contribution < 1.29 is 19.1 Å². The van der Waals surface area contributed by atoms with E-state index in [9.17, 15) is 14.4 Å². The fourth-order valence-corrected chi connectivity index (χ4v) is 1.86. The first-order chi connectivity index (χ1) is 12.0. The van der Waals surface area contributed by atoms with Gasteiger partial charge in [-0.3, -0.25) is 9.59 Å². The molecule has 0 saturated carbocycles. The van der Waals surface area contributed by atoms with Gasteiger partial charge in [-0.2, -0.15) is 5.10 Å². The molecule has 0 spiro atoms. The lowest BCUT2D eigenvalue weighted by atomic mass is 10.2. The molecule has 7 heteroatoms. The van der Waals surface area contributed by atoms with Gasteiger partial charge in [0.1, 0.15) is 0 Å². The molecule has 128 valence electrons. The van der Waals surface area contributed by atoms with Crippen LogP contribution in [0.2, 0.25) is 0 Å². The first-order valence-corrected chi connectivity index (χ1v) is 7.39. The number of ether oxygens (including phenoxy) is 1. The van der Waals surface area contributed by atoms with Crippen LogP contribution in [-0.4, -0.2) is 31.1 Å². The van der Waals surface area contributed by atoms with Gasteiger partial charge in [-0.1, -0.05) is 29.8 Å². The number of aryl methyl sites for hydroxylation is 1. The molecule has 0 saturated heterocycles. The number of anilines is 1. The van der Waals surface area contributed by atoms with Crippen molar-refractivity contribution in [3.8, 4) is 0 Å². The molecular weight excluding hydrogens is 322 g/mol. The van der Waals surface area contributed by atoms with Crippen molar-refractivity contribution >= 4 is 29.7 Å². The van der Waals surface area contributed by atoms with Crippen LogP contribution >= 0.6 is 0 Å². The van der Waals surface area contributed by atoms with Crippen LogP contribution in [-0.2, 0) is 14.3 Å². The monoisotopic (exact) mass is 339 g/mol. The van der Waals surface area contributed by atoms with Gasteiger partial charge in [0, 0.05) is 5.69 Å². The Kier molecular flexibility index (Phi) is 6.00. The SMILES string of the molecule is COC(=O)c1ccc(NC(=O)C(=O)N/N=C\c2ccc(C)cc2)cc1. The number of carbonyl (C=O) groups is 3. The van der Waals surface area contributed by atoms with Crippen molar-refractivity contribution in [2.45, 2.75) is 6.92 Å². The van der Waals surface area contributed by atoms with Crippen LogP contribution in [0.25, 0.3) is 0 Å². The maximum absolute atomic E-state index is 11.8. The molecule has 2 aromatic carbocycles. The summed E-state index contributed by atoms with van der Waals surface area (Å²) in [6.07, 6.45) is 1.44. The summed E-state index contributed by atoms with van der Waals surface area (Å²) in [4.78, 5) is 34.8. The lowest BCUT2D eigenvalue weighted by Gasteiger charge is -2.05. The number of esters is 1. The first-order valence-electron chi connectivity index (χ1n) is 7.39. The summed E-state index contributed by atoms with van der Waals surface area (Å²) in [5.41, 5.74) is 4.77. The van der Waals surface area contributed by atoms with E-state index in [1.165, 1.54) is 37.6 Å². The van der Waals surface area contributed by atoms with Crippen molar-refractivity contribution in [1.82, 2.24) is 5.43 Å². The Balaban J connectivity index is 1.88. The Hall–Kier alpha value is -3.48. The molecular formula is C18H17N3O4. The predicted molar refractivity (Wildman–Crippen MR) is 93.3 cm³/mol. The zero-order chi connectivity index (χ0) is 18.2. The van der Waals surface area contributed by atoms with E-state index < -0.39 is 17.8 Å². The molecule has 25 heavy (non-hydrogen) atoms. The maximum Gasteiger partial charge on any atom is 0.337 e. The number of nitrogens with zero attached hydrogens (tertiary/aromatic N) is 1. The lowest BCUT2D eigenvalue weighted by Crippen LogP contribution is -2.32. The highest BCUT2D eigenvalue weighted by Crippen LogP contribution is 2.10. The average molecular weight is 339 g/mol. The predicted octanol–water partition coefficient (Wildman–Crippen LogP) is 1.87. The van der Waals surface area contributed by atoms with Gasteiger partial charge in [-0.15, -0.1) is 0 Å². The van der Waals surface area contributed by atoms with Gasteiger partial charge in [0.05, 0.1) is 18.9 Å². The molecule has 2 amide bonds. The quantitative estimate of drug-likeness (QED) is 0.385. The van der Waals surface area contributed by atoms with Crippen molar-refractivity contribution in [3.63, 3.8) is 0 Å². The third-order valence-electron chi connectivity index (χ3n) is 3.23. The number of carbonyl (C=O) groups excluding carboxylic acids is 3. The van der Waals surface area contributed by atoms with Crippen LogP contribution in [0.5, 0.6) is 0 Å². The molecule has 0 unspecified atom stereocenters. The minimum absolute atomic E-state index is 0.340. The summed E-state index contributed by atoms with van der Waals surface area (Å²) in [5.74, 6) is -2.26. The van der Waals surface area contributed by atoms with Crippen molar-refractivity contribution in [2.24, 2.45) is 5.10 Å². The van der Waals surface area contributed by atoms with Crippen LogP contribution in [0, 0.1) is 6.92 Å². The molecule has 0 atom stereocenters. The van der Waals surface area contributed by atoms with Crippen molar-refractivity contribution in [3.05, 3.63) is 65.2 Å². The third kappa shape index (κ3) is 5.28. The van der Waals surface area contributed by atoms with Gasteiger partial charge in [0.2, 0.25) is 0 Å². The Bertz CT molecular complexity index is 796. The number of amides is 2. The van der Waals surface area contributed by atoms with Gasteiger partial charge in [-0.25, -0.2) is 10.2 Å². The summed E-state index contributed by atoms with van der Waals surface area (Å²) in [6, 6.07) is 13.5. The second-order valence-electron chi connectivity index (χ2n) is 5.13. The molecule has 0 radical (unpaired) electrons. The Morgan fingerprint density at radius 3 is 2.20 bits per heavy atom. The fourth-order valence-electron chi connectivity index (χ4n) is 1.86. The van der Waals surface area contributed by atoms with Gasteiger partial charge in [-0.05, 0) is 36.8 Å². The molecule has 0 aromatic heterocycles. The molecule has 0 heterocycles. The molecule has 0 aliphatic carbocycles. The maximum atomic E-state index is 11.8. The van der Waals surface area contributed by atoms with Crippen LogP contribution in [0.4, 0.5) is 5.69 Å². The molecule has 0 aliphatic heterocycles. The number of hydrazone groups is 1. The van der Waals surface area contributed by atoms with Gasteiger partial charge < -0.3 is 10.1 Å². The van der Waals surface area contributed by atoms with E-state index in [1.807, 2.05) is 31.2 Å². The van der Waals surface area contributed by atoms with E-state index in [0.717, 1.165) is 11.1 Å². The van der Waals surface area contributed by atoms with E-state index in [1.54, 1.807) is 0 Å². The summed E-state index contributed by atoms with van der Waals surface area (Å²) < 4.78 is 4.58. The normalized spacial score (nSPS) is 10.3. The molecule has 2 rings (SSSR count). The Morgan fingerprint density at radius 1 is 0.960 bits per heavy atom. The minimum Gasteiger partial charge on any atom is -0.465 e. The topological polar surface area (TPSA) is 96.9 Å². The Labute approximate surface area is 144 Å². The summed E-state index contributed by atoms with van der Waals surface area (Å²) >= 11 is 0. The first kappa shape index (κ1) is 17.9. The van der Waals surface area contributed by atoms with Crippen LogP contribution in [0.15, 0.2) is 53.6 Å².